The molecule has 0 bridgehead atoms. The number of benzene rings is 2. The van der Waals surface area contributed by atoms with E-state index in [1.807, 2.05) is 42.8 Å². The van der Waals surface area contributed by atoms with E-state index in [4.69, 9.17) is 11.6 Å². The lowest BCUT2D eigenvalue weighted by atomic mass is 10.0. The molecule has 7 nitrogen and oxygen atoms in total. The maximum absolute atomic E-state index is 12.9. The number of anilines is 1. The second-order valence-electron chi connectivity index (χ2n) is 8.19. The summed E-state index contributed by atoms with van der Waals surface area (Å²) in [6.07, 6.45) is 0.681. The minimum absolute atomic E-state index is 0.121. The maximum Gasteiger partial charge on any atom is 0.253 e. The Morgan fingerprint density at radius 2 is 1.79 bits per heavy atom. The highest BCUT2D eigenvalue weighted by Crippen LogP contribution is 2.25. The van der Waals surface area contributed by atoms with Crippen molar-refractivity contribution >= 4 is 40.9 Å². The van der Waals surface area contributed by atoms with Crippen LogP contribution in [0.4, 0.5) is 5.69 Å². The van der Waals surface area contributed by atoms with Gasteiger partial charge in [0.25, 0.3) is 5.91 Å². The van der Waals surface area contributed by atoms with Crippen molar-refractivity contribution in [2.45, 2.75) is 38.4 Å². The van der Waals surface area contributed by atoms with Gasteiger partial charge in [-0.3, -0.25) is 9.59 Å². The van der Waals surface area contributed by atoms with Gasteiger partial charge in [-0.05, 0) is 43.0 Å². The van der Waals surface area contributed by atoms with Crippen LogP contribution in [0.1, 0.15) is 48.1 Å². The molecule has 2 aromatic carbocycles. The molecule has 0 spiro atoms. The monoisotopic (exact) mass is 485 g/mol. The first-order valence-electron chi connectivity index (χ1n) is 10.7. The summed E-state index contributed by atoms with van der Waals surface area (Å²) >= 11 is 7.49. The van der Waals surface area contributed by atoms with Gasteiger partial charge >= 0.3 is 0 Å². The van der Waals surface area contributed by atoms with Crippen molar-refractivity contribution in [3.05, 3.63) is 70.5 Å². The van der Waals surface area contributed by atoms with Crippen molar-refractivity contribution in [3.8, 4) is 0 Å². The number of nitrogens with zero attached hydrogens (tertiary/aromatic N) is 3. The smallest absolute Gasteiger partial charge is 0.253 e. The van der Waals surface area contributed by atoms with E-state index < -0.39 is 0 Å². The van der Waals surface area contributed by atoms with Crippen LogP contribution in [0, 0.1) is 12.8 Å². The Kier molecular flexibility index (Phi) is 8.52. The number of rotatable bonds is 9. The molecule has 1 unspecified atom stereocenters. The molecule has 0 aliphatic rings. The molecule has 0 radical (unpaired) electrons. The molecule has 0 fully saturated rings. The number of para-hydroxylation sites is 1. The van der Waals surface area contributed by atoms with Crippen LogP contribution in [-0.2, 0) is 11.8 Å². The van der Waals surface area contributed by atoms with Gasteiger partial charge in [0.1, 0.15) is 0 Å². The predicted molar refractivity (Wildman–Crippen MR) is 133 cm³/mol. The number of carbonyl (C=O) groups is 2. The highest BCUT2D eigenvalue weighted by Gasteiger charge is 2.24. The third-order valence-corrected chi connectivity index (χ3v) is 6.41. The van der Waals surface area contributed by atoms with Gasteiger partial charge in [-0.1, -0.05) is 67.5 Å². The summed E-state index contributed by atoms with van der Waals surface area (Å²) in [5.41, 5.74) is 2.21. The van der Waals surface area contributed by atoms with Gasteiger partial charge in [0, 0.05) is 12.7 Å². The fourth-order valence-corrected chi connectivity index (χ4v) is 4.31. The number of amides is 2. The van der Waals surface area contributed by atoms with E-state index in [1.165, 1.54) is 11.8 Å². The zero-order valence-corrected chi connectivity index (χ0v) is 20.7. The van der Waals surface area contributed by atoms with Crippen LogP contribution in [0.5, 0.6) is 0 Å². The van der Waals surface area contributed by atoms with Gasteiger partial charge in [-0.25, -0.2) is 0 Å². The van der Waals surface area contributed by atoms with E-state index in [-0.39, 0.29) is 23.6 Å². The molecule has 0 saturated heterocycles. The average molecular weight is 486 g/mol. The van der Waals surface area contributed by atoms with Gasteiger partial charge in [0.05, 0.1) is 22.4 Å². The van der Waals surface area contributed by atoms with Gasteiger partial charge in [0.2, 0.25) is 5.91 Å². The Morgan fingerprint density at radius 3 is 2.48 bits per heavy atom. The maximum atomic E-state index is 12.9. The van der Waals surface area contributed by atoms with Crippen molar-refractivity contribution in [3.63, 3.8) is 0 Å². The zero-order chi connectivity index (χ0) is 24.0. The number of aryl methyl sites for hydroxylation is 1. The molecular formula is C24H28ClN5O2S. The Morgan fingerprint density at radius 1 is 1.09 bits per heavy atom. The Bertz CT molecular complexity index is 1130. The molecular weight excluding hydrogens is 458 g/mol. The lowest BCUT2D eigenvalue weighted by Gasteiger charge is -2.20. The van der Waals surface area contributed by atoms with Crippen LogP contribution in [0.15, 0.2) is 53.7 Å². The fourth-order valence-electron chi connectivity index (χ4n) is 3.37. The third-order valence-electron chi connectivity index (χ3n) is 5.06. The van der Waals surface area contributed by atoms with Crippen LogP contribution < -0.4 is 10.6 Å². The standard InChI is InChI=1S/C24H28ClN5O2S/c1-15(2)13-20(27-23(32)17-10-6-7-11-18(17)25)22-28-29-24(30(22)4)33-14-21(31)26-19-12-8-5-9-16(19)3/h5-12,15,20H,13-14H2,1-4H3,(H,26,31)(H,27,32). The summed E-state index contributed by atoms with van der Waals surface area (Å²) in [4.78, 5) is 25.3. The summed E-state index contributed by atoms with van der Waals surface area (Å²) in [5, 5.41) is 15.5. The summed E-state index contributed by atoms with van der Waals surface area (Å²) in [7, 11) is 1.84. The quantitative estimate of drug-likeness (QED) is 0.415. The van der Waals surface area contributed by atoms with Gasteiger partial charge < -0.3 is 15.2 Å². The molecule has 174 valence electrons. The van der Waals surface area contributed by atoms with Crippen molar-refractivity contribution in [2.24, 2.45) is 13.0 Å². The predicted octanol–water partition coefficient (Wildman–Crippen LogP) is 5.02. The summed E-state index contributed by atoms with van der Waals surface area (Å²) in [5.74, 6) is 0.757. The Balaban J connectivity index is 1.70. The molecule has 3 aromatic rings. The summed E-state index contributed by atoms with van der Waals surface area (Å²) in [6, 6.07) is 14.2. The second-order valence-corrected chi connectivity index (χ2v) is 9.54. The van der Waals surface area contributed by atoms with E-state index in [0.29, 0.717) is 33.9 Å². The number of thioether (sulfide) groups is 1. The third kappa shape index (κ3) is 6.58. The number of hydrogen-bond acceptors (Lipinski definition) is 5. The number of halogens is 1. The first kappa shape index (κ1) is 24.8. The minimum Gasteiger partial charge on any atom is -0.342 e. The largest absolute Gasteiger partial charge is 0.342 e. The highest BCUT2D eigenvalue weighted by atomic mass is 35.5. The van der Waals surface area contributed by atoms with Crippen LogP contribution in [0.2, 0.25) is 5.02 Å². The molecule has 0 aliphatic carbocycles. The van der Waals surface area contributed by atoms with Gasteiger partial charge in [-0.2, -0.15) is 0 Å². The number of nitrogens with one attached hydrogen (secondary N) is 2. The molecule has 1 heterocycles. The lowest BCUT2D eigenvalue weighted by Crippen LogP contribution is -2.31. The number of hydrogen-bond donors (Lipinski definition) is 2. The number of carbonyl (C=O) groups excluding carboxylic acids is 2. The topological polar surface area (TPSA) is 88.9 Å². The minimum atomic E-state index is -0.346. The van der Waals surface area contributed by atoms with Crippen LogP contribution in [0.3, 0.4) is 0 Å². The van der Waals surface area contributed by atoms with E-state index in [1.54, 1.807) is 24.3 Å². The van der Waals surface area contributed by atoms with Gasteiger partial charge in [0.15, 0.2) is 11.0 Å². The Hall–Kier alpha value is -2.84. The molecule has 0 aliphatic heterocycles. The van der Waals surface area contributed by atoms with Crippen LogP contribution >= 0.6 is 23.4 Å². The van der Waals surface area contributed by atoms with E-state index >= 15 is 0 Å². The van der Waals surface area contributed by atoms with Crippen molar-refractivity contribution < 1.29 is 9.59 Å². The molecule has 1 aromatic heterocycles. The first-order chi connectivity index (χ1) is 15.8. The number of aromatic nitrogens is 3. The van der Waals surface area contributed by atoms with E-state index in [2.05, 4.69) is 34.7 Å². The summed E-state index contributed by atoms with van der Waals surface area (Å²) in [6.45, 7) is 6.11. The summed E-state index contributed by atoms with van der Waals surface area (Å²) < 4.78 is 1.83. The van der Waals surface area contributed by atoms with Crippen molar-refractivity contribution in [1.29, 1.82) is 0 Å². The molecule has 9 heteroatoms. The van der Waals surface area contributed by atoms with Crippen LogP contribution in [0.25, 0.3) is 0 Å². The molecule has 33 heavy (non-hydrogen) atoms. The molecule has 3 rings (SSSR count). The van der Waals surface area contributed by atoms with E-state index in [9.17, 15) is 9.59 Å². The highest BCUT2D eigenvalue weighted by molar-refractivity contribution is 7.99. The average Bonchev–Trinajstić information content (AvgIpc) is 3.13. The van der Waals surface area contributed by atoms with Crippen molar-refractivity contribution in [1.82, 2.24) is 20.1 Å². The fraction of sp³-hybridized carbons (Fsp3) is 0.333. The SMILES string of the molecule is Cc1ccccc1NC(=O)CSc1nnc(C(CC(C)C)NC(=O)c2ccccc2Cl)n1C. The Labute approximate surface area is 203 Å². The molecule has 2 amide bonds. The second kappa shape index (κ2) is 11.3. The molecule has 2 N–H and O–H groups in total. The van der Waals surface area contributed by atoms with E-state index in [0.717, 1.165) is 11.3 Å². The zero-order valence-electron chi connectivity index (χ0n) is 19.1. The van der Waals surface area contributed by atoms with Crippen molar-refractivity contribution in [2.75, 3.05) is 11.1 Å². The molecule has 1 atom stereocenters. The lowest BCUT2D eigenvalue weighted by molar-refractivity contribution is -0.113. The normalized spacial score (nSPS) is 11.9. The first-order valence-corrected chi connectivity index (χ1v) is 12.1. The molecule has 0 saturated carbocycles. The van der Waals surface area contributed by atoms with Gasteiger partial charge in [-0.15, -0.1) is 10.2 Å². The van der Waals surface area contributed by atoms with Crippen LogP contribution in [-0.4, -0.2) is 32.3 Å².